The molecule has 10 heteroatoms. The van der Waals surface area contributed by atoms with Crippen molar-refractivity contribution in [3.63, 3.8) is 0 Å². The van der Waals surface area contributed by atoms with Crippen molar-refractivity contribution < 1.29 is 33.3 Å². The van der Waals surface area contributed by atoms with E-state index in [1.807, 2.05) is 30.3 Å². The molecule has 2 fully saturated rings. The first-order valence-corrected chi connectivity index (χ1v) is 12.5. The van der Waals surface area contributed by atoms with Crippen molar-refractivity contribution in [3.8, 4) is 23.3 Å². The van der Waals surface area contributed by atoms with E-state index in [1.54, 1.807) is 12.1 Å². The molecule has 2 aliphatic heterocycles. The second-order valence-electron chi connectivity index (χ2n) is 9.24. The summed E-state index contributed by atoms with van der Waals surface area (Å²) >= 11 is 0. The van der Waals surface area contributed by atoms with Gasteiger partial charge in [-0.15, -0.1) is 0 Å². The normalized spacial score (nSPS) is 20.5. The van der Waals surface area contributed by atoms with E-state index in [9.17, 15) is 19.6 Å². The molecule has 0 aromatic heterocycles. The first-order valence-electron chi connectivity index (χ1n) is 12.5. The van der Waals surface area contributed by atoms with Gasteiger partial charge in [-0.2, -0.15) is 5.26 Å². The third-order valence-electron chi connectivity index (χ3n) is 6.76. The van der Waals surface area contributed by atoms with E-state index in [1.165, 1.54) is 30.9 Å². The van der Waals surface area contributed by atoms with Crippen LogP contribution in [0.25, 0.3) is 0 Å². The van der Waals surface area contributed by atoms with Crippen LogP contribution in [0.4, 0.5) is 0 Å². The Hall–Kier alpha value is -4.26. The van der Waals surface area contributed by atoms with Crippen molar-refractivity contribution in [2.45, 2.75) is 51.0 Å². The van der Waals surface area contributed by atoms with Crippen molar-refractivity contribution in [2.75, 3.05) is 27.3 Å². The first kappa shape index (κ1) is 26.8. The van der Waals surface area contributed by atoms with E-state index < -0.39 is 30.1 Å². The van der Waals surface area contributed by atoms with Crippen molar-refractivity contribution >= 4 is 17.8 Å². The number of carbonyl (C=O) groups is 3. The zero-order chi connectivity index (χ0) is 27.2. The van der Waals surface area contributed by atoms with Gasteiger partial charge < -0.3 is 28.7 Å². The van der Waals surface area contributed by atoms with Gasteiger partial charge in [-0.25, -0.2) is 0 Å². The monoisotopic (exact) mass is 521 g/mol. The van der Waals surface area contributed by atoms with Gasteiger partial charge >= 0.3 is 5.97 Å². The fraction of sp³-hybridized carbons (Fsp3) is 0.429. The third-order valence-corrected chi connectivity index (χ3v) is 6.76. The molecule has 0 bridgehead atoms. The molecule has 0 radical (unpaired) electrons. The van der Waals surface area contributed by atoms with Crippen LogP contribution in [0.5, 0.6) is 17.2 Å². The number of likely N-dealkylation sites (tertiary alicyclic amines) is 2. The predicted octanol–water partition coefficient (Wildman–Crippen LogP) is 2.94. The molecule has 4 rings (SSSR count). The molecule has 0 spiro atoms. The molecule has 2 aromatic carbocycles. The molecule has 2 heterocycles. The van der Waals surface area contributed by atoms with Crippen LogP contribution < -0.4 is 14.2 Å². The van der Waals surface area contributed by atoms with Crippen LogP contribution in [0.15, 0.2) is 42.5 Å². The molecular weight excluding hydrogens is 490 g/mol. The van der Waals surface area contributed by atoms with Crippen LogP contribution in [0.1, 0.15) is 42.1 Å². The second-order valence-corrected chi connectivity index (χ2v) is 9.24. The molecule has 10 nitrogen and oxygen atoms in total. The molecule has 2 aromatic rings. The average molecular weight is 522 g/mol. The Labute approximate surface area is 221 Å². The Balaban J connectivity index is 1.62. The largest absolute Gasteiger partial charge is 0.493 e. The number of methoxy groups -OCH3 is 2. The minimum Gasteiger partial charge on any atom is -0.493 e. The standard InChI is InChI=1S/C28H31N3O7/c1-18(32)38-22-14-23(28(34)30-11-7-10-21(30)15-29)31(16-22)27(33)20-12-24(35-2)26(25(13-20)36-3)37-17-19-8-5-4-6-9-19/h4-6,8-9,12-13,21-23H,7,10-11,14,16-17H2,1-3H3/t21?,22-,23+/m1/s1. The lowest BCUT2D eigenvalue weighted by Crippen LogP contribution is -2.49. The van der Waals surface area contributed by atoms with Crippen LogP contribution in [0.2, 0.25) is 0 Å². The van der Waals surface area contributed by atoms with Crippen LogP contribution in [0.3, 0.4) is 0 Å². The maximum absolute atomic E-state index is 13.8. The van der Waals surface area contributed by atoms with E-state index in [0.29, 0.717) is 30.2 Å². The molecule has 2 saturated heterocycles. The minimum absolute atomic E-state index is 0.0524. The fourth-order valence-electron chi connectivity index (χ4n) is 4.97. The quantitative estimate of drug-likeness (QED) is 0.487. The van der Waals surface area contributed by atoms with E-state index >= 15 is 0 Å². The minimum atomic E-state index is -0.869. The van der Waals surface area contributed by atoms with Gasteiger partial charge in [0.1, 0.15) is 24.8 Å². The fourth-order valence-corrected chi connectivity index (χ4v) is 4.97. The number of benzene rings is 2. The second kappa shape index (κ2) is 11.9. The van der Waals surface area contributed by atoms with Crippen LogP contribution in [0, 0.1) is 11.3 Å². The number of hydrogen-bond donors (Lipinski definition) is 0. The van der Waals surface area contributed by atoms with Crippen LogP contribution >= 0.6 is 0 Å². The summed E-state index contributed by atoms with van der Waals surface area (Å²) in [7, 11) is 2.93. The Bertz CT molecular complexity index is 1200. The Kier molecular flexibility index (Phi) is 8.36. The van der Waals surface area contributed by atoms with Gasteiger partial charge in [-0.3, -0.25) is 14.4 Å². The summed E-state index contributed by atoms with van der Waals surface area (Å²) in [6.45, 7) is 2.06. The van der Waals surface area contributed by atoms with Gasteiger partial charge in [-0.1, -0.05) is 30.3 Å². The lowest BCUT2D eigenvalue weighted by atomic mass is 10.1. The zero-order valence-electron chi connectivity index (χ0n) is 21.7. The molecular formula is C28H31N3O7. The Morgan fingerprint density at radius 2 is 1.74 bits per heavy atom. The van der Waals surface area contributed by atoms with E-state index in [0.717, 1.165) is 12.0 Å². The number of hydrogen-bond acceptors (Lipinski definition) is 8. The summed E-state index contributed by atoms with van der Waals surface area (Å²) in [4.78, 5) is 41.8. The van der Waals surface area contributed by atoms with Gasteiger partial charge in [0.15, 0.2) is 11.5 Å². The van der Waals surface area contributed by atoms with Gasteiger partial charge in [0.05, 0.1) is 26.8 Å². The van der Waals surface area contributed by atoms with Crippen LogP contribution in [-0.4, -0.2) is 73.1 Å². The SMILES string of the molecule is COc1cc(C(=O)N2C[C@H](OC(C)=O)C[C@H]2C(=O)N2CCCC2C#N)cc(OC)c1OCc1ccccc1. The summed E-state index contributed by atoms with van der Waals surface area (Å²) < 4.78 is 22.4. The molecule has 2 aliphatic rings. The average Bonchev–Trinajstić information content (AvgIpc) is 3.58. The van der Waals surface area contributed by atoms with E-state index in [2.05, 4.69) is 6.07 Å². The lowest BCUT2D eigenvalue weighted by Gasteiger charge is -2.29. The highest BCUT2D eigenvalue weighted by molar-refractivity contribution is 5.99. The number of rotatable bonds is 8. The highest BCUT2D eigenvalue weighted by atomic mass is 16.5. The number of ether oxygens (including phenoxy) is 4. The summed E-state index contributed by atoms with van der Waals surface area (Å²) in [5.74, 6) is -0.320. The molecule has 200 valence electrons. The summed E-state index contributed by atoms with van der Waals surface area (Å²) in [5, 5.41) is 9.48. The number of amides is 2. The predicted molar refractivity (Wildman–Crippen MR) is 136 cm³/mol. The van der Waals surface area contributed by atoms with Gasteiger partial charge in [-0.05, 0) is 30.5 Å². The topological polar surface area (TPSA) is 118 Å². The highest BCUT2D eigenvalue weighted by Gasteiger charge is 2.45. The van der Waals surface area contributed by atoms with Crippen molar-refractivity contribution in [1.29, 1.82) is 5.26 Å². The lowest BCUT2D eigenvalue weighted by molar-refractivity contribution is -0.146. The van der Waals surface area contributed by atoms with Crippen molar-refractivity contribution in [2.24, 2.45) is 0 Å². The van der Waals surface area contributed by atoms with E-state index in [4.69, 9.17) is 18.9 Å². The molecule has 0 aliphatic carbocycles. The van der Waals surface area contributed by atoms with Gasteiger partial charge in [0.2, 0.25) is 11.7 Å². The smallest absolute Gasteiger partial charge is 0.302 e. The molecule has 2 amide bonds. The van der Waals surface area contributed by atoms with Crippen molar-refractivity contribution in [1.82, 2.24) is 9.80 Å². The molecule has 0 saturated carbocycles. The first-order chi connectivity index (χ1) is 18.4. The van der Waals surface area contributed by atoms with E-state index in [-0.39, 0.29) is 31.0 Å². The zero-order valence-corrected chi connectivity index (χ0v) is 21.7. The molecule has 0 N–H and O–H groups in total. The van der Waals surface area contributed by atoms with Gasteiger partial charge in [0, 0.05) is 25.5 Å². The number of nitriles is 1. The Morgan fingerprint density at radius 3 is 2.34 bits per heavy atom. The third kappa shape index (κ3) is 5.67. The molecule has 3 atom stereocenters. The molecule has 1 unspecified atom stereocenters. The summed E-state index contributed by atoms with van der Waals surface area (Å²) in [6.07, 6.45) is 0.836. The van der Waals surface area contributed by atoms with Crippen molar-refractivity contribution in [3.05, 3.63) is 53.6 Å². The number of nitrogens with zero attached hydrogens (tertiary/aromatic N) is 3. The van der Waals surface area contributed by atoms with Crippen LogP contribution in [-0.2, 0) is 20.9 Å². The Morgan fingerprint density at radius 1 is 1.05 bits per heavy atom. The highest BCUT2D eigenvalue weighted by Crippen LogP contribution is 2.40. The maximum Gasteiger partial charge on any atom is 0.302 e. The van der Waals surface area contributed by atoms with Gasteiger partial charge in [0.25, 0.3) is 5.91 Å². The summed E-state index contributed by atoms with van der Waals surface area (Å²) in [6, 6.07) is 13.4. The number of carbonyl (C=O) groups excluding carboxylic acids is 3. The summed E-state index contributed by atoms with van der Waals surface area (Å²) in [5.41, 5.74) is 1.18. The maximum atomic E-state index is 13.8. The number of esters is 1. The molecule has 38 heavy (non-hydrogen) atoms.